The average Bonchev–Trinajstić information content (AvgIpc) is 0.801. The average molecular weight is 1510 g/mol. The van der Waals surface area contributed by atoms with Crippen molar-refractivity contribution in [3.63, 3.8) is 0 Å². The van der Waals surface area contributed by atoms with Crippen LogP contribution in [0.25, 0.3) is 0 Å². The first-order valence-electron chi connectivity index (χ1n) is 40.0. The highest BCUT2D eigenvalue weighted by Gasteiger charge is 2.32. The smallest absolute Gasteiger partial charge is 0.154 e. The van der Waals surface area contributed by atoms with E-state index in [9.17, 15) is 0 Å². The van der Waals surface area contributed by atoms with Gasteiger partial charge in [-0.15, -0.1) is 0 Å². The van der Waals surface area contributed by atoms with Gasteiger partial charge >= 0.3 is 0 Å². The van der Waals surface area contributed by atoms with E-state index in [1.807, 2.05) is 127 Å². The Hall–Kier alpha value is -13.7. The lowest BCUT2D eigenvalue weighted by atomic mass is 9.99. The summed E-state index contributed by atoms with van der Waals surface area (Å²) in [5.74, 6) is 11.4. The van der Waals surface area contributed by atoms with Crippen LogP contribution in [0.4, 0.5) is 85.3 Å². The zero-order valence-corrected chi connectivity index (χ0v) is 66.8. The first-order valence-corrected chi connectivity index (χ1v) is 40.0. The van der Waals surface area contributed by atoms with Gasteiger partial charge in [-0.2, -0.15) is 0 Å². The van der Waals surface area contributed by atoms with Crippen molar-refractivity contribution in [2.75, 3.05) is 24.5 Å². The molecule has 0 saturated carbocycles. The van der Waals surface area contributed by atoms with E-state index in [1.165, 1.54) is 39.2 Å². The quantitative estimate of drug-likeness (QED) is 0.132. The molecule has 0 unspecified atom stereocenters. The fraction of sp³-hybridized carbons (Fsp3) is 0.143. The Balaban J connectivity index is 0.000000108. The molecule has 10 nitrogen and oxygen atoms in total. The van der Waals surface area contributed by atoms with Gasteiger partial charge in [0, 0.05) is 28.4 Å². The highest BCUT2D eigenvalue weighted by molar-refractivity contribution is 5.92. The van der Waals surface area contributed by atoms with Crippen molar-refractivity contribution in [1.82, 2.24) is 0 Å². The summed E-state index contributed by atoms with van der Waals surface area (Å²) in [5, 5.41) is 0. The molecule has 5 heterocycles. The number of benzene rings is 15. The maximum absolute atomic E-state index is 6.28. The van der Waals surface area contributed by atoms with E-state index >= 15 is 0 Å². The summed E-state index contributed by atoms with van der Waals surface area (Å²) in [6, 6.07) is 125. The van der Waals surface area contributed by atoms with Crippen LogP contribution >= 0.6 is 0 Å². The van der Waals surface area contributed by atoms with Gasteiger partial charge in [-0.25, -0.2) is 0 Å². The van der Waals surface area contributed by atoms with Crippen LogP contribution in [0.2, 0.25) is 0 Å². The molecule has 15 aromatic rings. The summed E-state index contributed by atoms with van der Waals surface area (Å²) in [5.41, 5.74) is 23.1. The molecule has 0 aliphatic carbocycles. The maximum Gasteiger partial charge on any atom is 0.154 e. The van der Waals surface area contributed by atoms with Gasteiger partial charge in [0.05, 0.1) is 56.9 Å². The van der Waals surface area contributed by atoms with Gasteiger partial charge in [0.25, 0.3) is 0 Å². The fourth-order valence-corrected chi connectivity index (χ4v) is 15.2. The molecule has 0 saturated heterocycles. The molecule has 5 aliphatic heterocycles. The van der Waals surface area contributed by atoms with Gasteiger partial charge in [-0.3, -0.25) is 0 Å². The molecule has 0 spiro atoms. The number of nitrogens with zero attached hydrogens (tertiary/aromatic N) is 5. The Bertz CT molecular complexity index is 5730. The second-order valence-corrected chi connectivity index (χ2v) is 30.5. The lowest BCUT2D eigenvalue weighted by molar-refractivity contribution is 0.467. The van der Waals surface area contributed by atoms with Gasteiger partial charge < -0.3 is 48.2 Å². The second-order valence-electron chi connectivity index (χ2n) is 30.5. The number of hydrogen-bond donors (Lipinski definition) is 0. The van der Waals surface area contributed by atoms with E-state index in [-0.39, 0.29) is 0 Å². The Morgan fingerprint density at radius 2 is 0.435 bits per heavy atom. The molecule has 15 aromatic carbocycles. The minimum absolute atomic E-state index is 0.410. The van der Waals surface area contributed by atoms with E-state index < -0.39 is 0 Å². The Labute approximate surface area is 677 Å². The van der Waals surface area contributed by atoms with Gasteiger partial charge in [0.15, 0.2) is 57.5 Å². The molecule has 0 amide bonds. The van der Waals surface area contributed by atoms with E-state index in [4.69, 9.17) is 23.7 Å². The molecular formula is C105H95N5O5. The van der Waals surface area contributed by atoms with E-state index in [0.717, 1.165) is 131 Å². The number of hydrogen-bond acceptors (Lipinski definition) is 10. The SMILES string of the molecule is CC(C)c1ccc(N2c3ccccc3Oc3ccccc32)cc1.CC(C)c1ccc2c(c1)Oc1ccccc1N2c1ccccc1.CC(C)c1cccc(N2c3ccccc3Oc3ccccc32)c1.CC(C)c1cccc2c1Oc1ccccc1N2c1ccccc1.CC(C)c1ccccc1N1c2ccccc2Oc2ccccc21. The van der Waals surface area contributed by atoms with Crippen LogP contribution < -0.4 is 48.2 Å². The second kappa shape index (κ2) is 33.7. The summed E-state index contributed by atoms with van der Waals surface area (Å²) in [4.78, 5) is 11.4. The minimum Gasteiger partial charge on any atom is -0.453 e. The third kappa shape index (κ3) is 15.7. The molecule has 0 N–H and O–H groups in total. The molecule has 10 heteroatoms. The number of anilines is 15. The van der Waals surface area contributed by atoms with Crippen LogP contribution in [0.15, 0.2) is 364 Å². The van der Waals surface area contributed by atoms with Crippen LogP contribution in [0, 0.1) is 0 Å². The summed E-state index contributed by atoms with van der Waals surface area (Å²) in [6.07, 6.45) is 0. The third-order valence-electron chi connectivity index (χ3n) is 21.2. The Morgan fingerprint density at radius 1 is 0.165 bits per heavy atom. The monoisotopic (exact) mass is 1510 g/mol. The minimum atomic E-state index is 0.410. The van der Waals surface area contributed by atoms with Crippen molar-refractivity contribution in [3.05, 3.63) is 392 Å². The summed E-state index contributed by atoms with van der Waals surface area (Å²) < 4.78 is 30.7. The summed E-state index contributed by atoms with van der Waals surface area (Å²) in [7, 11) is 0. The molecule has 5 aliphatic rings. The van der Waals surface area contributed by atoms with Gasteiger partial charge in [-0.1, -0.05) is 263 Å². The molecule has 115 heavy (non-hydrogen) atoms. The van der Waals surface area contributed by atoms with Crippen molar-refractivity contribution in [2.24, 2.45) is 0 Å². The molecular weight excluding hydrogens is 1410 g/mol. The van der Waals surface area contributed by atoms with Crippen LogP contribution in [0.3, 0.4) is 0 Å². The van der Waals surface area contributed by atoms with Crippen LogP contribution in [0.5, 0.6) is 57.5 Å². The molecule has 0 radical (unpaired) electrons. The first-order chi connectivity index (χ1) is 56.2. The van der Waals surface area contributed by atoms with E-state index in [1.54, 1.807) is 0 Å². The van der Waals surface area contributed by atoms with Crippen molar-refractivity contribution in [2.45, 2.75) is 98.8 Å². The molecule has 20 rings (SSSR count). The van der Waals surface area contributed by atoms with E-state index in [0.29, 0.717) is 29.6 Å². The van der Waals surface area contributed by atoms with E-state index in [2.05, 4.69) is 330 Å². The Morgan fingerprint density at radius 3 is 0.835 bits per heavy atom. The topological polar surface area (TPSA) is 62.4 Å². The highest BCUT2D eigenvalue weighted by atomic mass is 16.5. The summed E-state index contributed by atoms with van der Waals surface area (Å²) in [6.45, 7) is 22.1. The predicted molar refractivity (Wildman–Crippen MR) is 476 cm³/mol. The van der Waals surface area contributed by atoms with Crippen molar-refractivity contribution >= 4 is 85.3 Å². The van der Waals surface area contributed by atoms with Crippen LogP contribution in [-0.4, -0.2) is 0 Å². The standard InChI is InChI=1S/5C21H19NO/c1-15(2)16-8-7-9-17(14-16)22-18-10-3-5-12-20(18)23-21-13-6-4-11-19(21)22;1-15(2)16-11-13-17(14-12-16)22-18-7-3-5-9-20(18)23-21-10-6-4-8-19(21)22;1-15(2)16-9-3-4-10-17(16)22-18-11-5-7-13-20(18)23-21-14-8-6-12-19(21)22;1-15(2)17-11-8-13-19-21(17)23-20-14-7-6-12-18(20)22(19)16-9-4-3-5-10-16;1-15(2)16-12-13-19-21(14-16)23-20-11-7-6-10-18(20)22(19)17-8-4-3-5-9-17/h5*3-15H,1-2H3. The van der Waals surface area contributed by atoms with Gasteiger partial charge in [0.1, 0.15) is 0 Å². The van der Waals surface area contributed by atoms with Crippen LogP contribution in [0.1, 0.15) is 127 Å². The van der Waals surface area contributed by atoms with Gasteiger partial charge in [-0.05, 0) is 227 Å². The highest BCUT2D eigenvalue weighted by Crippen LogP contribution is 2.57. The van der Waals surface area contributed by atoms with Crippen molar-refractivity contribution in [3.8, 4) is 57.5 Å². The third-order valence-corrected chi connectivity index (χ3v) is 21.2. The number of fused-ring (bicyclic) bond motifs is 10. The zero-order chi connectivity index (χ0) is 79.1. The molecule has 0 atom stereocenters. The number of para-hydroxylation sites is 20. The number of ether oxygens (including phenoxy) is 5. The van der Waals surface area contributed by atoms with Gasteiger partial charge in [0.2, 0.25) is 0 Å². The lowest BCUT2D eigenvalue weighted by Crippen LogP contribution is -2.17. The molecule has 0 fully saturated rings. The van der Waals surface area contributed by atoms with Crippen molar-refractivity contribution < 1.29 is 23.7 Å². The molecule has 0 aromatic heterocycles. The predicted octanol–water partition coefficient (Wildman–Crippen LogP) is 31.9. The molecule has 0 bridgehead atoms. The zero-order valence-electron chi connectivity index (χ0n) is 66.8. The lowest BCUT2D eigenvalue weighted by Gasteiger charge is -2.34. The largest absolute Gasteiger partial charge is 0.453 e. The van der Waals surface area contributed by atoms with Crippen molar-refractivity contribution in [1.29, 1.82) is 0 Å². The summed E-state index contributed by atoms with van der Waals surface area (Å²) >= 11 is 0. The number of rotatable bonds is 10. The molecule has 570 valence electrons. The fourth-order valence-electron chi connectivity index (χ4n) is 15.2. The van der Waals surface area contributed by atoms with Crippen LogP contribution in [-0.2, 0) is 0 Å². The Kier molecular flexibility index (Phi) is 22.1. The maximum atomic E-state index is 6.28. The first kappa shape index (κ1) is 75.3. The normalized spacial score (nSPS) is 12.6.